The largest absolute Gasteiger partial charge is 0.420 e. The van der Waals surface area contributed by atoms with Crippen LogP contribution in [0.4, 0.5) is 24.8 Å². The number of aryl methyl sites for hydroxylation is 1. The number of nitrogens with zero attached hydrogens (tertiary/aromatic N) is 5. The van der Waals surface area contributed by atoms with Crippen LogP contribution in [0.25, 0.3) is 10.6 Å². The van der Waals surface area contributed by atoms with E-state index in [-0.39, 0.29) is 24.3 Å². The normalized spacial score (nSPS) is 17.5. The lowest BCUT2D eigenvalue weighted by Crippen LogP contribution is -2.36. The predicted molar refractivity (Wildman–Crippen MR) is 137 cm³/mol. The maximum Gasteiger partial charge on any atom is 0.420 e. The highest BCUT2D eigenvalue weighted by molar-refractivity contribution is 7.99. The molecule has 2 aliphatic rings. The number of hydrogen-bond donors (Lipinski definition) is 2. The first-order valence-corrected chi connectivity index (χ1v) is 14.1. The van der Waals surface area contributed by atoms with E-state index < -0.39 is 11.7 Å². The van der Waals surface area contributed by atoms with Crippen LogP contribution < -0.4 is 5.32 Å². The Kier molecular flexibility index (Phi) is 8.05. The Morgan fingerprint density at radius 3 is 2.81 bits per heavy atom. The number of rotatable bonds is 7. The van der Waals surface area contributed by atoms with Crippen molar-refractivity contribution in [2.45, 2.75) is 49.9 Å². The number of alkyl halides is 3. The van der Waals surface area contributed by atoms with Gasteiger partial charge in [-0.3, -0.25) is 4.68 Å². The highest BCUT2D eigenvalue weighted by Gasteiger charge is 2.36. The number of aliphatic hydroxyl groups is 1. The topological polar surface area (TPSA) is 88.3 Å². The lowest BCUT2D eigenvalue weighted by atomic mass is 10.1. The van der Waals surface area contributed by atoms with Crippen molar-refractivity contribution in [3.8, 4) is 10.6 Å². The Balaban J connectivity index is 1.42. The Morgan fingerprint density at radius 2 is 2.08 bits per heavy atom. The summed E-state index contributed by atoms with van der Waals surface area (Å²) in [5.41, 5.74) is 0.503. The van der Waals surface area contributed by atoms with Crippen LogP contribution in [0.2, 0.25) is 0 Å². The van der Waals surface area contributed by atoms with Crippen LogP contribution in [0.15, 0.2) is 23.4 Å². The van der Waals surface area contributed by atoms with Gasteiger partial charge in [-0.2, -0.15) is 18.3 Å². The highest BCUT2D eigenvalue weighted by atomic mass is 32.2. The molecule has 1 fully saturated rings. The zero-order valence-electron chi connectivity index (χ0n) is 20.4. The summed E-state index contributed by atoms with van der Waals surface area (Å²) >= 11 is 2.87. The number of aliphatic hydroxyl groups excluding tert-OH is 1. The fraction of sp³-hybridized carbons (Fsp3) is 0.542. The number of nitrogens with one attached hydrogen (secondary N) is 1. The maximum atomic E-state index is 13.9. The molecule has 0 aromatic carbocycles. The molecular weight excluding hydrogens is 525 g/mol. The van der Waals surface area contributed by atoms with Crippen LogP contribution in [0, 0.1) is 0 Å². The molecule has 1 saturated heterocycles. The van der Waals surface area contributed by atoms with E-state index in [0.717, 1.165) is 53.3 Å². The number of ether oxygens (including phenoxy) is 1. The van der Waals surface area contributed by atoms with E-state index in [1.54, 1.807) is 17.8 Å². The first-order chi connectivity index (χ1) is 17.9. The molecule has 2 N–H and O–H groups in total. The number of halogens is 3. The number of thiophene rings is 1. The van der Waals surface area contributed by atoms with Gasteiger partial charge in [-0.1, -0.05) is 6.92 Å². The van der Waals surface area contributed by atoms with Crippen LogP contribution in [-0.4, -0.2) is 68.4 Å². The molecule has 0 atom stereocenters. The molecule has 0 spiro atoms. The van der Waals surface area contributed by atoms with Crippen molar-refractivity contribution in [3.63, 3.8) is 0 Å². The molecule has 200 valence electrons. The second-order valence-corrected chi connectivity index (χ2v) is 11.3. The summed E-state index contributed by atoms with van der Waals surface area (Å²) in [6, 6.07) is 2.00. The second kappa shape index (κ2) is 11.3. The third-order valence-electron chi connectivity index (χ3n) is 6.55. The molecule has 2 aliphatic heterocycles. The number of fused-ring (bicyclic) bond motifs is 1. The summed E-state index contributed by atoms with van der Waals surface area (Å²) in [4.78, 5) is 12.9. The van der Waals surface area contributed by atoms with Crippen LogP contribution in [0.5, 0.6) is 0 Å². The van der Waals surface area contributed by atoms with Gasteiger partial charge in [0.05, 0.1) is 47.8 Å². The van der Waals surface area contributed by atoms with Gasteiger partial charge in [0.25, 0.3) is 0 Å². The van der Waals surface area contributed by atoms with Gasteiger partial charge in [-0.15, -0.1) is 23.1 Å². The fourth-order valence-corrected chi connectivity index (χ4v) is 6.83. The highest BCUT2D eigenvalue weighted by Crippen LogP contribution is 2.43. The van der Waals surface area contributed by atoms with Crippen molar-refractivity contribution >= 4 is 34.7 Å². The van der Waals surface area contributed by atoms with Crippen molar-refractivity contribution in [3.05, 3.63) is 34.6 Å². The zero-order chi connectivity index (χ0) is 26.0. The quantitative estimate of drug-likeness (QED) is 0.423. The van der Waals surface area contributed by atoms with E-state index in [1.165, 1.54) is 11.3 Å². The summed E-state index contributed by atoms with van der Waals surface area (Å²) in [6.45, 7) is 5.58. The molecule has 5 rings (SSSR count). The fourth-order valence-electron chi connectivity index (χ4n) is 4.62. The lowest BCUT2D eigenvalue weighted by molar-refractivity contribution is -0.137. The number of thioether (sulfide) groups is 1. The third kappa shape index (κ3) is 5.95. The van der Waals surface area contributed by atoms with Crippen LogP contribution >= 0.6 is 23.1 Å². The van der Waals surface area contributed by atoms with Gasteiger partial charge < -0.3 is 20.1 Å². The average Bonchev–Trinajstić information content (AvgIpc) is 3.41. The summed E-state index contributed by atoms with van der Waals surface area (Å²) in [5, 5.41) is 17.1. The van der Waals surface area contributed by atoms with Gasteiger partial charge in [0.2, 0.25) is 5.95 Å². The van der Waals surface area contributed by atoms with Gasteiger partial charge in [0, 0.05) is 47.6 Å². The molecular formula is C24H29F3N6O2S2. The zero-order valence-corrected chi connectivity index (χ0v) is 22.1. The summed E-state index contributed by atoms with van der Waals surface area (Å²) in [5.74, 6) is 0.860. The summed E-state index contributed by atoms with van der Waals surface area (Å²) in [6.07, 6.45) is 0.648. The Labute approximate surface area is 221 Å². The number of aromatic nitrogens is 4. The predicted octanol–water partition coefficient (Wildman–Crippen LogP) is 4.98. The molecule has 3 aromatic rings. The summed E-state index contributed by atoms with van der Waals surface area (Å²) in [7, 11) is 0. The Bertz CT molecular complexity index is 1200. The Hall–Kier alpha value is -2.19. The first kappa shape index (κ1) is 26.4. The van der Waals surface area contributed by atoms with E-state index in [4.69, 9.17) is 9.84 Å². The molecule has 8 nitrogen and oxygen atoms in total. The molecule has 3 aromatic heterocycles. The van der Waals surface area contributed by atoms with E-state index in [0.29, 0.717) is 36.7 Å². The van der Waals surface area contributed by atoms with Gasteiger partial charge in [-0.25, -0.2) is 9.97 Å². The maximum absolute atomic E-state index is 13.9. The minimum atomic E-state index is -4.58. The van der Waals surface area contributed by atoms with Crippen molar-refractivity contribution in [1.82, 2.24) is 24.6 Å². The number of likely N-dealkylation sites (tertiary alicyclic amines) is 1. The molecule has 0 aliphatic carbocycles. The molecule has 0 saturated carbocycles. The van der Waals surface area contributed by atoms with Gasteiger partial charge in [0.1, 0.15) is 5.56 Å². The lowest BCUT2D eigenvalue weighted by Gasteiger charge is -2.31. The van der Waals surface area contributed by atoms with Crippen molar-refractivity contribution in [2.24, 2.45) is 0 Å². The molecule has 0 radical (unpaired) electrons. The number of piperidine rings is 1. The third-order valence-corrected chi connectivity index (χ3v) is 8.84. The van der Waals surface area contributed by atoms with Crippen LogP contribution in [0.1, 0.15) is 41.9 Å². The molecule has 0 unspecified atom stereocenters. The SMILES string of the molecule is CCc1nn(C2CCN(CCO)CC2)cc1Nc1ncc(C(F)(F)F)c(-c2cc3c(s2)COCCS3)n1. The monoisotopic (exact) mass is 554 g/mol. The van der Waals surface area contributed by atoms with E-state index in [2.05, 4.69) is 20.2 Å². The minimum absolute atomic E-state index is 0.0995. The summed E-state index contributed by atoms with van der Waals surface area (Å²) < 4.78 is 49.2. The van der Waals surface area contributed by atoms with Crippen molar-refractivity contribution < 1.29 is 23.0 Å². The average molecular weight is 555 g/mol. The number of hydrogen-bond acceptors (Lipinski definition) is 9. The van der Waals surface area contributed by atoms with E-state index in [9.17, 15) is 18.3 Å². The van der Waals surface area contributed by atoms with Crippen LogP contribution in [-0.2, 0) is 23.9 Å². The molecule has 5 heterocycles. The minimum Gasteiger partial charge on any atom is -0.395 e. The van der Waals surface area contributed by atoms with Gasteiger partial charge in [-0.05, 0) is 25.3 Å². The first-order valence-electron chi connectivity index (χ1n) is 12.3. The van der Waals surface area contributed by atoms with E-state index in [1.807, 2.05) is 17.8 Å². The van der Waals surface area contributed by atoms with Gasteiger partial charge >= 0.3 is 6.18 Å². The number of anilines is 2. The van der Waals surface area contributed by atoms with Crippen molar-refractivity contribution in [1.29, 1.82) is 0 Å². The molecule has 0 amide bonds. The Morgan fingerprint density at radius 1 is 1.27 bits per heavy atom. The smallest absolute Gasteiger partial charge is 0.395 e. The molecule has 13 heteroatoms. The van der Waals surface area contributed by atoms with Crippen molar-refractivity contribution in [2.75, 3.05) is 43.9 Å². The van der Waals surface area contributed by atoms with Crippen LogP contribution in [0.3, 0.4) is 0 Å². The molecule has 0 bridgehead atoms. The standard InChI is InChI=1S/C24H29F3N6O2S2/c1-2-17-18(13-33(31-17)15-3-5-32(6-4-15)7-8-34)29-23-28-12-16(24(25,26)27)22(30-23)20-11-19-21(37-20)14-35-9-10-36-19/h11-13,15,34H,2-10,14H2,1H3,(H,28,29,30). The van der Waals surface area contributed by atoms with Gasteiger partial charge in [0.15, 0.2) is 0 Å². The second-order valence-electron chi connectivity index (χ2n) is 9.00. The number of β-amino-alcohol motifs (C(OH)–C–C–N with tert-alkyl or cyclic N) is 1. The van der Waals surface area contributed by atoms with E-state index >= 15 is 0 Å². The molecule has 37 heavy (non-hydrogen) atoms.